The molecule has 0 bridgehead atoms. The average molecular weight is 435 g/mol. The van der Waals surface area contributed by atoms with Crippen molar-refractivity contribution in [1.29, 1.82) is 0 Å². The lowest BCUT2D eigenvalue weighted by Crippen LogP contribution is -2.24. The fourth-order valence-corrected chi connectivity index (χ4v) is 1.89. The molecule has 3 heteroatoms. The van der Waals surface area contributed by atoms with E-state index in [4.69, 9.17) is 4.74 Å². The number of benzene rings is 1. The van der Waals surface area contributed by atoms with Gasteiger partial charge < -0.3 is 4.74 Å². The van der Waals surface area contributed by atoms with E-state index in [9.17, 15) is 0 Å². The number of rotatable bonds is 0. The Hall–Kier alpha value is -1.77. The largest absolute Gasteiger partial charge is 0.487 e. The number of hydrogen-bond acceptors (Lipinski definition) is 2. The van der Waals surface area contributed by atoms with E-state index in [-0.39, 0.29) is 5.60 Å². The molecule has 3 rings (SSSR count). The smallest absolute Gasteiger partial charge is 0.123 e. The molecule has 0 radical (unpaired) electrons. The molecule has 0 saturated carbocycles. The summed E-state index contributed by atoms with van der Waals surface area (Å²) in [4.78, 5) is 0. The van der Waals surface area contributed by atoms with Gasteiger partial charge in [-0.05, 0) is 42.4 Å². The molecule has 0 N–H and O–H groups in total. The van der Waals surface area contributed by atoms with Crippen LogP contribution in [0.25, 0.3) is 0 Å². The van der Waals surface area contributed by atoms with Gasteiger partial charge in [-0.1, -0.05) is 101 Å². The quantitative estimate of drug-likeness (QED) is 0.413. The number of aromatic nitrogens is 2. The van der Waals surface area contributed by atoms with Gasteiger partial charge in [-0.2, -0.15) is 5.10 Å². The minimum atomic E-state index is 0.00366. The third-order valence-corrected chi connectivity index (χ3v) is 2.61. The van der Waals surface area contributed by atoms with Crippen molar-refractivity contribution in [1.82, 2.24) is 9.78 Å². The molecule has 182 valence electrons. The fourth-order valence-electron chi connectivity index (χ4n) is 1.89. The van der Waals surface area contributed by atoms with Gasteiger partial charge in [0.2, 0.25) is 0 Å². The Morgan fingerprint density at radius 1 is 0.806 bits per heavy atom. The summed E-state index contributed by atoms with van der Waals surface area (Å²) in [5.74, 6) is 1.05. The highest BCUT2D eigenvalue weighted by Crippen LogP contribution is 2.33. The summed E-state index contributed by atoms with van der Waals surface area (Å²) in [6, 6.07) is 10.1. The molecule has 3 nitrogen and oxygen atoms in total. The lowest BCUT2D eigenvalue weighted by atomic mass is 10.0. The first-order valence-electron chi connectivity index (χ1n) is 11.8. The molecular weight excluding hydrogens is 380 g/mol. The van der Waals surface area contributed by atoms with Crippen LogP contribution in [-0.4, -0.2) is 15.4 Å². The monoisotopic (exact) mass is 434 g/mol. The average Bonchev–Trinajstić information content (AvgIpc) is 3.20. The Bertz CT molecular complexity index is 579. The van der Waals surface area contributed by atoms with E-state index in [2.05, 4.69) is 86.5 Å². The van der Waals surface area contributed by atoms with Crippen molar-refractivity contribution in [3.8, 4) is 5.75 Å². The Morgan fingerprint density at radius 3 is 1.52 bits per heavy atom. The van der Waals surface area contributed by atoms with Crippen LogP contribution in [0.4, 0.5) is 0 Å². The van der Waals surface area contributed by atoms with Gasteiger partial charge in [-0.15, -0.1) is 0 Å². The van der Waals surface area contributed by atoms with E-state index in [1.54, 1.807) is 10.9 Å². The zero-order chi connectivity index (χ0) is 25.3. The number of hydrogen-bond donors (Lipinski definition) is 0. The summed E-state index contributed by atoms with van der Waals surface area (Å²) < 4.78 is 7.44. The molecule has 2 aromatic rings. The van der Waals surface area contributed by atoms with Crippen LogP contribution in [0.3, 0.4) is 0 Å². The summed E-state index contributed by atoms with van der Waals surface area (Å²) in [5, 5.41) is 3.83. The third-order valence-electron chi connectivity index (χ3n) is 2.61. The zero-order valence-electron chi connectivity index (χ0n) is 23.6. The zero-order valence-corrected chi connectivity index (χ0v) is 23.6. The number of para-hydroxylation sites is 1. The molecule has 0 saturated heterocycles. The van der Waals surface area contributed by atoms with Gasteiger partial charge in [0.05, 0.1) is 0 Å². The van der Waals surface area contributed by atoms with E-state index >= 15 is 0 Å². The third kappa shape index (κ3) is 28.2. The van der Waals surface area contributed by atoms with Crippen molar-refractivity contribution in [2.45, 2.75) is 109 Å². The molecule has 0 spiro atoms. The van der Waals surface area contributed by atoms with Crippen LogP contribution in [0.15, 0.2) is 42.7 Å². The van der Waals surface area contributed by atoms with Crippen LogP contribution in [0, 0.1) is 10.8 Å². The van der Waals surface area contributed by atoms with Gasteiger partial charge in [-0.3, -0.25) is 4.68 Å². The summed E-state index contributed by atoms with van der Waals surface area (Å²) in [5.41, 5.74) is 2.33. The van der Waals surface area contributed by atoms with Crippen LogP contribution in [0.1, 0.15) is 102 Å². The van der Waals surface area contributed by atoms with Crippen molar-refractivity contribution in [3.63, 3.8) is 0 Å². The van der Waals surface area contributed by atoms with Gasteiger partial charge in [0.1, 0.15) is 11.4 Å². The number of fused-ring (bicyclic) bond motifs is 1. The molecule has 0 unspecified atom stereocenters. The molecule has 1 aromatic heterocycles. The predicted octanol–water partition coefficient (Wildman–Crippen LogP) is 8.98. The molecule has 0 amide bonds. The first-order valence-corrected chi connectivity index (χ1v) is 11.8. The van der Waals surface area contributed by atoms with E-state index in [1.807, 2.05) is 59.1 Å². The fraction of sp³-hybridized carbons (Fsp3) is 0.679. The minimum Gasteiger partial charge on any atom is -0.487 e. The summed E-state index contributed by atoms with van der Waals surface area (Å²) in [6.45, 7) is 29.7. The maximum absolute atomic E-state index is 5.69. The predicted molar refractivity (Wildman–Crippen MR) is 141 cm³/mol. The van der Waals surface area contributed by atoms with E-state index < -0.39 is 0 Å². The highest BCUT2D eigenvalue weighted by molar-refractivity contribution is 5.38. The Labute approximate surface area is 195 Å². The Kier molecular flexibility index (Phi) is 18.4. The molecule has 1 aliphatic rings. The minimum absolute atomic E-state index is 0.00366. The molecule has 0 atom stereocenters. The van der Waals surface area contributed by atoms with Gasteiger partial charge in [0, 0.05) is 25.9 Å². The normalized spacial score (nSPS) is 12.7. The van der Waals surface area contributed by atoms with Crippen LogP contribution >= 0.6 is 0 Å². The van der Waals surface area contributed by atoms with E-state index in [0.717, 1.165) is 12.2 Å². The second kappa shape index (κ2) is 16.9. The van der Waals surface area contributed by atoms with E-state index in [0.29, 0.717) is 10.8 Å². The lowest BCUT2D eigenvalue weighted by Gasteiger charge is -2.16. The van der Waals surface area contributed by atoms with Gasteiger partial charge in [-0.25, -0.2) is 0 Å². The number of nitrogens with zero attached hydrogens (tertiary/aromatic N) is 2. The molecule has 31 heavy (non-hydrogen) atoms. The summed E-state index contributed by atoms with van der Waals surface area (Å²) in [7, 11) is 1.89. The molecular formula is C28H54N2O. The Morgan fingerprint density at radius 2 is 1.23 bits per heavy atom. The standard InChI is InChI=1S/C10H12O.2C5H12.C4H6N2.2C2H6/c1-10(2)7-8-5-3-4-6-9(8)11-10;2*1-5(2,3)4;1-6-4-2-3-5-6;2*1-2/h3-6H,7H2,1-2H3;2*1-4H3;2-4H,1H3;2*1-2H3. The van der Waals surface area contributed by atoms with Crippen molar-refractivity contribution in [2.24, 2.45) is 17.9 Å². The SMILES string of the molecule is CC.CC.CC(C)(C)C.CC(C)(C)C.CC1(C)Cc2ccccc2O1.Cn1cccn1. The highest BCUT2D eigenvalue weighted by atomic mass is 16.5. The van der Waals surface area contributed by atoms with Gasteiger partial charge >= 0.3 is 0 Å². The van der Waals surface area contributed by atoms with Gasteiger partial charge in [0.15, 0.2) is 0 Å². The molecule has 1 aliphatic heterocycles. The molecule has 2 heterocycles. The van der Waals surface area contributed by atoms with Crippen molar-refractivity contribution in [2.75, 3.05) is 0 Å². The maximum atomic E-state index is 5.69. The van der Waals surface area contributed by atoms with Crippen LogP contribution in [0.2, 0.25) is 0 Å². The number of aryl methyl sites for hydroxylation is 1. The maximum Gasteiger partial charge on any atom is 0.123 e. The van der Waals surface area contributed by atoms with Crippen LogP contribution in [-0.2, 0) is 13.5 Å². The second-order valence-corrected chi connectivity index (χ2v) is 10.8. The molecule has 0 fully saturated rings. The number of ether oxygens (including phenoxy) is 1. The molecule has 0 aliphatic carbocycles. The van der Waals surface area contributed by atoms with Crippen LogP contribution in [0.5, 0.6) is 5.75 Å². The van der Waals surface area contributed by atoms with Gasteiger partial charge in [0.25, 0.3) is 0 Å². The lowest BCUT2D eigenvalue weighted by molar-refractivity contribution is 0.138. The second-order valence-electron chi connectivity index (χ2n) is 10.8. The van der Waals surface area contributed by atoms with Crippen molar-refractivity contribution in [3.05, 3.63) is 48.3 Å². The summed E-state index contributed by atoms with van der Waals surface area (Å²) in [6.07, 6.45) is 4.67. The van der Waals surface area contributed by atoms with Crippen LogP contribution < -0.4 is 4.74 Å². The van der Waals surface area contributed by atoms with Crippen molar-refractivity contribution < 1.29 is 4.74 Å². The molecule has 1 aromatic carbocycles. The highest BCUT2D eigenvalue weighted by Gasteiger charge is 2.28. The van der Waals surface area contributed by atoms with E-state index in [1.165, 1.54) is 5.56 Å². The first kappa shape index (κ1) is 33.9. The van der Waals surface area contributed by atoms with Crippen molar-refractivity contribution >= 4 is 0 Å². The Balaban J connectivity index is -0.000000341. The summed E-state index contributed by atoms with van der Waals surface area (Å²) >= 11 is 0. The first-order chi connectivity index (χ1) is 14.1. The topological polar surface area (TPSA) is 27.1 Å².